The predicted molar refractivity (Wildman–Crippen MR) is 102 cm³/mol. The van der Waals surface area contributed by atoms with Gasteiger partial charge in [0.15, 0.2) is 0 Å². The van der Waals surface area contributed by atoms with Crippen molar-refractivity contribution in [1.29, 1.82) is 0 Å². The number of nitrogens with one attached hydrogen (secondary N) is 2. The Morgan fingerprint density at radius 2 is 1.58 bits per heavy atom. The van der Waals surface area contributed by atoms with Crippen molar-refractivity contribution in [3.63, 3.8) is 0 Å². The zero-order chi connectivity index (χ0) is 17.7. The first-order valence-electron chi connectivity index (χ1n) is 8.29. The van der Waals surface area contributed by atoms with E-state index in [-0.39, 0.29) is 18.0 Å². The Morgan fingerprint density at radius 1 is 0.958 bits per heavy atom. The number of rotatable bonds is 6. The van der Waals surface area contributed by atoms with Gasteiger partial charge in [0.1, 0.15) is 0 Å². The highest BCUT2D eigenvalue weighted by Gasteiger charge is 2.17. The lowest BCUT2D eigenvalue weighted by molar-refractivity contribution is -0.117. The predicted octanol–water partition coefficient (Wildman–Crippen LogP) is 5.14. The molecule has 1 amide bonds. The second-order valence-corrected chi connectivity index (χ2v) is 6.80. The van der Waals surface area contributed by atoms with Crippen molar-refractivity contribution in [2.24, 2.45) is 0 Å². The molecule has 2 aromatic carbocycles. The molecule has 0 aromatic heterocycles. The van der Waals surface area contributed by atoms with Crippen molar-refractivity contribution < 1.29 is 4.79 Å². The molecular weight excluding hydrogens is 320 g/mol. The zero-order valence-electron chi connectivity index (χ0n) is 14.6. The van der Waals surface area contributed by atoms with Crippen LogP contribution in [0.2, 0.25) is 5.02 Å². The summed E-state index contributed by atoms with van der Waals surface area (Å²) >= 11 is 6.21. The first kappa shape index (κ1) is 18.5. The second kappa shape index (κ2) is 8.32. The summed E-state index contributed by atoms with van der Waals surface area (Å²) < 4.78 is 0. The lowest BCUT2D eigenvalue weighted by Gasteiger charge is -2.21. The standard InChI is InChI=1S/C20H25ClN2O/c1-13(2)16-9-11-17(12-10-16)23-20(24)15(4)22-14(3)18-7-5-6-8-19(18)21/h5-15,22H,1-4H3,(H,23,24). The number of halogens is 1. The molecule has 2 unspecified atom stereocenters. The Hall–Kier alpha value is -1.84. The van der Waals surface area contributed by atoms with Crippen LogP contribution in [0, 0.1) is 0 Å². The minimum absolute atomic E-state index is 0.0113. The van der Waals surface area contributed by atoms with Gasteiger partial charge in [0.05, 0.1) is 6.04 Å². The van der Waals surface area contributed by atoms with Crippen LogP contribution in [-0.4, -0.2) is 11.9 Å². The fourth-order valence-corrected chi connectivity index (χ4v) is 2.87. The van der Waals surface area contributed by atoms with Gasteiger partial charge in [0.2, 0.25) is 5.91 Å². The summed E-state index contributed by atoms with van der Waals surface area (Å²) in [6, 6.07) is 15.3. The number of hydrogen-bond donors (Lipinski definition) is 2. The maximum Gasteiger partial charge on any atom is 0.241 e. The van der Waals surface area contributed by atoms with Gasteiger partial charge < -0.3 is 5.32 Å². The fourth-order valence-electron chi connectivity index (χ4n) is 2.57. The van der Waals surface area contributed by atoms with Crippen LogP contribution in [0.4, 0.5) is 5.69 Å². The van der Waals surface area contributed by atoms with E-state index in [9.17, 15) is 4.79 Å². The van der Waals surface area contributed by atoms with Crippen molar-refractivity contribution in [3.05, 3.63) is 64.7 Å². The molecule has 0 saturated heterocycles. The number of anilines is 1. The third kappa shape index (κ3) is 4.83. The Morgan fingerprint density at radius 3 is 2.17 bits per heavy atom. The SMILES string of the molecule is CC(NC(C)c1ccccc1Cl)C(=O)Nc1ccc(C(C)C)cc1. The van der Waals surface area contributed by atoms with Gasteiger partial charge in [0.25, 0.3) is 0 Å². The highest BCUT2D eigenvalue weighted by atomic mass is 35.5. The van der Waals surface area contributed by atoms with Crippen LogP contribution in [0.15, 0.2) is 48.5 Å². The van der Waals surface area contributed by atoms with Gasteiger partial charge in [-0.25, -0.2) is 0 Å². The van der Waals surface area contributed by atoms with E-state index in [2.05, 4.69) is 24.5 Å². The summed E-state index contributed by atoms with van der Waals surface area (Å²) in [6.07, 6.45) is 0. The molecular formula is C20H25ClN2O. The van der Waals surface area contributed by atoms with E-state index in [1.807, 2.05) is 62.4 Å². The number of hydrogen-bond acceptors (Lipinski definition) is 2. The van der Waals surface area contributed by atoms with Gasteiger partial charge in [-0.3, -0.25) is 10.1 Å². The van der Waals surface area contributed by atoms with Gasteiger partial charge in [-0.05, 0) is 49.1 Å². The first-order chi connectivity index (χ1) is 11.4. The Kier molecular flexibility index (Phi) is 6.41. The monoisotopic (exact) mass is 344 g/mol. The third-order valence-electron chi connectivity index (χ3n) is 4.11. The molecule has 2 N–H and O–H groups in total. The van der Waals surface area contributed by atoms with E-state index in [0.29, 0.717) is 10.9 Å². The molecule has 0 saturated carbocycles. The molecule has 24 heavy (non-hydrogen) atoms. The fraction of sp³-hybridized carbons (Fsp3) is 0.350. The topological polar surface area (TPSA) is 41.1 Å². The van der Waals surface area contributed by atoms with Crippen LogP contribution in [0.5, 0.6) is 0 Å². The molecule has 0 aliphatic heterocycles. The Balaban J connectivity index is 1.95. The molecule has 0 spiro atoms. The van der Waals surface area contributed by atoms with Crippen LogP contribution in [0.1, 0.15) is 50.8 Å². The van der Waals surface area contributed by atoms with Gasteiger partial charge in [-0.15, -0.1) is 0 Å². The van der Waals surface area contributed by atoms with Crippen molar-refractivity contribution in [3.8, 4) is 0 Å². The van der Waals surface area contributed by atoms with Gasteiger partial charge in [-0.1, -0.05) is 55.8 Å². The van der Waals surface area contributed by atoms with Crippen molar-refractivity contribution in [1.82, 2.24) is 5.32 Å². The summed E-state index contributed by atoms with van der Waals surface area (Å²) in [6.45, 7) is 8.15. The number of benzene rings is 2. The lowest BCUT2D eigenvalue weighted by atomic mass is 10.0. The van der Waals surface area contributed by atoms with E-state index < -0.39 is 0 Å². The maximum atomic E-state index is 12.4. The zero-order valence-corrected chi connectivity index (χ0v) is 15.4. The molecule has 2 atom stereocenters. The number of carbonyl (C=O) groups excluding carboxylic acids is 1. The lowest BCUT2D eigenvalue weighted by Crippen LogP contribution is -2.39. The van der Waals surface area contributed by atoms with E-state index in [1.54, 1.807) is 0 Å². The Bertz CT molecular complexity index is 682. The van der Waals surface area contributed by atoms with E-state index in [1.165, 1.54) is 5.56 Å². The smallest absolute Gasteiger partial charge is 0.241 e. The Labute approximate surface area is 149 Å². The van der Waals surface area contributed by atoms with Crippen LogP contribution < -0.4 is 10.6 Å². The highest BCUT2D eigenvalue weighted by Crippen LogP contribution is 2.22. The summed E-state index contributed by atoms with van der Waals surface area (Å²) in [4.78, 5) is 12.4. The molecule has 0 heterocycles. The van der Waals surface area contributed by atoms with E-state index in [4.69, 9.17) is 11.6 Å². The van der Waals surface area contributed by atoms with Gasteiger partial charge in [-0.2, -0.15) is 0 Å². The van der Waals surface area contributed by atoms with Crippen molar-refractivity contribution in [2.75, 3.05) is 5.32 Å². The van der Waals surface area contributed by atoms with E-state index in [0.717, 1.165) is 11.3 Å². The molecule has 3 nitrogen and oxygen atoms in total. The molecule has 2 rings (SSSR count). The highest BCUT2D eigenvalue weighted by molar-refractivity contribution is 6.31. The van der Waals surface area contributed by atoms with Gasteiger partial charge in [0, 0.05) is 16.8 Å². The molecule has 0 bridgehead atoms. The molecule has 2 aromatic rings. The van der Waals surface area contributed by atoms with Crippen LogP contribution in [-0.2, 0) is 4.79 Å². The molecule has 128 valence electrons. The average Bonchev–Trinajstić information content (AvgIpc) is 2.55. The van der Waals surface area contributed by atoms with E-state index >= 15 is 0 Å². The number of carbonyl (C=O) groups is 1. The van der Waals surface area contributed by atoms with Crippen LogP contribution in [0.3, 0.4) is 0 Å². The van der Waals surface area contributed by atoms with Gasteiger partial charge >= 0.3 is 0 Å². The van der Waals surface area contributed by atoms with Crippen LogP contribution in [0.25, 0.3) is 0 Å². The normalized spacial score (nSPS) is 13.6. The molecule has 0 aliphatic carbocycles. The largest absolute Gasteiger partial charge is 0.325 e. The molecule has 4 heteroatoms. The summed E-state index contributed by atoms with van der Waals surface area (Å²) in [7, 11) is 0. The first-order valence-corrected chi connectivity index (χ1v) is 8.67. The maximum absolute atomic E-state index is 12.4. The van der Waals surface area contributed by atoms with Crippen LogP contribution >= 0.6 is 11.6 Å². The van der Waals surface area contributed by atoms with Crippen molar-refractivity contribution >= 4 is 23.2 Å². The number of amides is 1. The summed E-state index contributed by atoms with van der Waals surface area (Å²) in [5.41, 5.74) is 3.05. The average molecular weight is 345 g/mol. The summed E-state index contributed by atoms with van der Waals surface area (Å²) in [5.74, 6) is 0.415. The minimum Gasteiger partial charge on any atom is -0.325 e. The molecule has 0 radical (unpaired) electrons. The minimum atomic E-state index is -0.332. The molecule has 0 aliphatic rings. The third-order valence-corrected chi connectivity index (χ3v) is 4.45. The second-order valence-electron chi connectivity index (χ2n) is 6.40. The molecule has 0 fully saturated rings. The summed E-state index contributed by atoms with van der Waals surface area (Å²) in [5, 5.41) is 6.94. The van der Waals surface area contributed by atoms with Crippen molar-refractivity contribution in [2.45, 2.75) is 45.7 Å². The quantitative estimate of drug-likeness (QED) is 0.761.